The number of nitrogens with zero attached hydrogens (tertiary/aromatic N) is 1. The van der Waals surface area contributed by atoms with E-state index in [1.54, 1.807) is 0 Å². The van der Waals surface area contributed by atoms with Gasteiger partial charge < -0.3 is 10.0 Å². The molecule has 0 aromatic heterocycles. The maximum atomic E-state index is 12.6. The third-order valence-corrected chi connectivity index (χ3v) is 3.32. The van der Waals surface area contributed by atoms with Gasteiger partial charge in [0.1, 0.15) is 0 Å². The van der Waals surface area contributed by atoms with Crippen LogP contribution < -0.4 is 0 Å². The van der Waals surface area contributed by atoms with Crippen molar-refractivity contribution in [1.82, 2.24) is 4.90 Å². The van der Waals surface area contributed by atoms with Crippen molar-refractivity contribution >= 4 is 0 Å². The van der Waals surface area contributed by atoms with Crippen molar-refractivity contribution in [2.45, 2.75) is 38.5 Å². The van der Waals surface area contributed by atoms with E-state index in [2.05, 4.69) is 0 Å². The van der Waals surface area contributed by atoms with Gasteiger partial charge in [-0.2, -0.15) is 13.2 Å². The molecule has 0 amide bonds. The van der Waals surface area contributed by atoms with Crippen LogP contribution in [0.15, 0.2) is 0 Å². The molecule has 0 radical (unpaired) electrons. The van der Waals surface area contributed by atoms with Crippen LogP contribution in [-0.4, -0.2) is 41.4 Å². The van der Waals surface area contributed by atoms with Gasteiger partial charge in [0, 0.05) is 12.5 Å². The molecule has 2 unspecified atom stereocenters. The summed E-state index contributed by atoms with van der Waals surface area (Å²) in [5.41, 5.74) is -2.55. The van der Waals surface area contributed by atoms with Crippen molar-refractivity contribution in [2.24, 2.45) is 5.92 Å². The smallest absolute Gasteiger partial charge is 0.380 e. The predicted molar refractivity (Wildman–Crippen MR) is 51.5 cm³/mol. The van der Waals surface area contributed by atoms with Gasteiger partial charge in [0.2, 0.25) is 0 Å². The van der Waals surface area contributed by atoms with E-state index < -0.39 is 17.7 Å². The SMILES string of the molecule is CCN1CCCC(C(C)(O)C(F)(F)F)C1. The van der Waals surface area contributed by atoms with Crippen LogP contribution in [0.1, 0.15) is 26.7 Å². The number of hydrogen-bond donors (Lipinski definition) is 1. The fraction of sp³-hybridized carbons (Fsp3) is 1.00. The first-order valence-corrected chi connectivity index (χ1v) is 5.30. The molecule has 15 heavy (non-hydrogen) atoms. The lowest BCUT2D eigenvalue weighted by Gasteiger charge is -2.40. The zero-order chi connectivity index (χ0) is 11.7. The molecular formula is C10H18F3NO. The molecular weight excluding hydrogens is 207 g/mol. The molecule has 5 heteroatoms. The number of alkyl halides is 3. The average molecular weight is 225 g/mol. The zero-order valence-corrected chi connectivity index (χ0v) is 9.14. The van der Waals surface area contributed by atoms with Gasteiger partial charge in [-0.05, 0) is 32.9 Å². The topological polar surface area (TPSA) is 23.5 Å². The molecule has 2 nitrogen and oxygen atoms in total. The summed E-state index contributed by atoms with van der Waals surface area (Å²) in [6.07, 6.45) is -3.36. The molecule has 1 N–H and O–H groups in total. The Morgan fingerprint density at radius 2 is 2.00 bits per heavy atom. The lowest BCUT2D eigenvalue weighted by molar-refractivity contribution is -0.276. The van der Waals surface area contributed by atoms with Gasteiger partial charge in [-0.3, -0.25) is 0 Å². The van der Waals surface area contributed by atoms with Crippen LogP contribution in [0.2, 0.25) is 0 Å². The number of aliphatic hydroxyl groups is 1. The number of likely N-dealkylation sites (tertiary alicyclic amines) is 1. The first-order chi connectivity index (χ1) is 6.79. The van der Waals surface area contributed by atoms with Crippen LogP contribution in [0.5, 0.6) is 0 Å². The third kappa shape index (κ3) is 2.64. The van der Waals surface area contributed by atoms with Crippen molar-refractivity contribution in [1.29, 1.82) is 0 Å². The van der Waals surface area contributed by atoms with Gasteiger partial charge in [-0.25, -0.2) is 0 Å². The monoisotopic (exact) mass is 225 g/mol. The minimum Gasteiger partial charge on any atom is -0.380 e. The van der Waals surface area contributed by atoms with Crippen molar-refractivity contribution in [3.8, 4) is 0 Å². The van der Waals surface area contributed by atoms with Gasteiger partial charge in [-0.15, -0.1) is 0 Å². The van der Waals surface area contributed by atoms with E-state index in [0.29, 0.717) is 13.0 Å². The molecule has 90 valence electrons. The number of hydrogen-bond acceptors (Lipinski definition) is 2. The van der Waals surface area contributed by atoms with Crippen molar-refractivity contribution in [2.75, 3.05) is 19.6 Å². The van der Waals surface area contributed by atoms with E-state index >= 15 is 0 Å². The average Bonchev–Trinajstić information content (AvgIpc) is 2.16. The normalized spacial score (nSPS) is 28.8. The standard InChI is InChI=1S/C10H18F3NO/c1-3-14-6-4-5-8(7-14)9(2,15)10(11,12)13/h8,15H,3-7H2,1-2H3. The van der Waals surface area contributed by atoms with Crippen molar-refractivity contribution in [3.05, 3.63) is 0 Å². The Kier molecular flexibility index (Phi) is 3.66. The van der Waals surface area contributed by atoms with Crippen LogP contribution in [0.4, 0.5) is 13.2 Å². The van der Waals surface area contributed by atoms with E-state index in [4.69, 9.17) is 0 Å². The summed E-state index contributed by atoms with van der Waals surface area (Å²) in [5, 5.41) is 9.54. The van der Waals surface area contributed by atoms with E-state index in [-0.39, 0.29) is 0 Å². The molecule has 1 saturated heterocycles. The molecule has 1 aliphatic rings. The number of piperidine rings is 1. The molecule has 1 fully saturated rings. The summed E-state index contributed by atoms with van der Waals surface area (Å²) in [4.78, 5) is 1.95. The Morgan fingerprint density at radius 1 is 1.40 bits per heavy atom. The second-order valence-electron chi connectivity index (χ2n) is 4.38. The molecule has 1 rings (SSSR count). The van der Waals surface area contributed by atoms with Gasteiger partial charge in [-0.1, -0.05) is 6.92 Å². The Balaban J connectivity index is 2.70. The summed E-state index contributed by atoms with van der Waals surface area (Å²) in [5.74, 6) is -0.703. The molecule has 1 aliphatic heterocycles. The zero-order valence-electron chi connectivity index (χ0n) is 9.14. The van der Waals surface area contributed by atoms with Crippen molar-refractivity contribution in [3.63, 3.8) is 0 Å². The molecule has 1 heterocycles. The maximum absolute atomic E-state index is 12.6. The number of rotatable bonds is 2. The highest BCUT2D eigenvalue weighted by molar-refractivity contribution is 4.92. The van der Waals surface area contributed by atoms with Gasteiger partial charge in [0.25, 0.3) is 0 Å². The van der Waals surface area contributed by atoms with Crippen LogP contribution in [0.25, 0.3) is 0 Å². The second-order valence-corrected chi connectivity index (χ2v) is 4.38. The molecule has 0 spiro atoms. The highest BCUT2D eigenvalue weighted by atomic mass is 19.4. The number of halogens is 3. The first-order valence-electron chi connectivity index (χ1n) is 5.30. The fourth-order valence-electron chi connectivity index (χ4n) is 2.03. The summed E-state index contributed by atoms with van der Waals surface area (Å²) >= 11 is 0. The quantitative estimate of drug-likeness (QED) is 0.777. The summed E-state index contributed by atoms with van der Waals surface area (Å²) in [6.45, 7) is 4.72. The van der Waals surface area contributed by atoms with E-state index in [1.807, 2.05) is 11.8 Å². The van der Waals surface area contributed by atoms with Crippen molar-refractivity contribution < 1.29 is 18.3 Å². The second kappa shape index (κ2) is 4.29. The summed E-state index contributed by atoms with van der Waals surface area (Å²) < 4.78 is 37.7. The summed E-state index contributed by atoms with van der Waals surface area (Å²) in [6, 6.07) is 0. The lowest BCUT2D eigenvalue weighted by Crippen LogP contribution is -2.54. The van der Waals surface area contributed by atoms with Crippen LogP contribution >= 0.6 is 0 Å². The molecule has 0 aromatic carbocycles. The Hall–Kier alpha value is -0.290. The largest absolute Gasteiger partial charge is 0.417 e. The molecule has 0 bridgehead atoms. The minimum atomic E-state index is -4.53. The highest BCUT2D eigenvalue weighted by Gasteiger charge is 2.55. The van der Waals surface area contributed by atoms with Crippen LogP contribution in [0.3, 0.4) is 0 Å². The fourth-order valence-corrected chi connectivity index (χ4v) is 2.03. The van der Waals surface area contributed by atoms with E-state index in [1.165, 1.54) is 0 Å². The van der Waals surface area contributed by atoms with E-state index in [9.17, 15) is 18.3 Å². The lowest BCUT2D eigenvalue weighted by atomic mass is 9.82. The summed E-state index contributed by atoms with van der Waals surface area (Å²) in [7, 11) is 0. The minimum absolute atomic E-state index is 0.336. The Bertz CT molecular complexity index is 215. The van der Waals surface area contributed by atoms with E-state index in [0.717, 1.165) is 26.4 Å². The molecule has 0 saturated carbocycles. The van der Waals surface area contributed by atoms with Gasteiger partial charge >= 0.3 is 6.18 Å². The van der Waals surface area contributed by atoms with Gasteiger partial charge in [0.05, 0.1) is 0 Å². The van der Waals surface area contributed by atoms with Crippen LogP contribution in [-0.2, 0) is 0 Å². The third-order valence-electron chi connectivity index (χ3n) is 3.32. The Morgan fingerprint density at radius 3 is 2.47 bits per heavy atom. The Labute approximate surface area is 88.1 Å². The predicted octanol–water partition coefficient (Wildman–Crippen LogP) is 2.03. The maximum Gasteiger partial charge on any atom is 0.417 e. The molecule has 2 atom stereocenters. The first kappa shape index (κ1) is 12.8. The highest BCUT2D eigenvalue weighted by Crippen LogP contribution is 2.39. The van der Waals surface area contributed by atoms with Crippen LogP contribution in [0, 0.1) is 5.92 Å². The molecule has 0 aliphatic carbocycles. The van der Waals surface area contributed by atoms with Gasteiger partial charge in [0.15, 0.2) is 5.60 Å². The molecule has 0 aromatic rings.